The SMILES string of the molecule is COCCn1c(Cc2cc(F)c(-c3cccc(OCc4ccc(C(F)F)cc4F)n3)cc2F)nc2ccc(C(=O)OC)cc21. The first-order chi connectivity index (χ1) is 21.2. The minimum Gasteiger partial charge on any atom is -0.473 e. The topological polar surface area (TPSA) is 75.5 Å². The largest absolute Gasteiger partial charge is 0.473 e. The van der Waals surface area contributed by atoms with Crippen LogP contribution in [-0.2, 0) is 29.0 Å². The van der Waals surface area contributed by atoms with E-state index in [4.69, 9.17) is 14.2 Å². The Bertz CT molecular complexity index is 1830. The Kier molecular flexibility index (Phi) is 9.19. The van der Waals surface area contributed by atoms with Gasteiger partial charge >= 0.3 is 5.97 Å². The van der Waals surface area contributed by atoms with Crippen LogP contribution < -0.4 is 4.74 Å². The van der Waals surface area contributed by atoms with Crippen molar-refractivity contribution in [1.29, 1.82) is 0 Å². The van der Waals surface area contributed by atoms with Crippen molar-refractivity contribution in [3.8, 4) is 17.1 Å². The minimum atomic E-state index is -2.81. The molecule has 12 heteroatoms. The number of hydrogen-bond donors (Lipinski definition) is 0. The number of pyridine rings is 1. The number of esters is 1. The van der Waals surface area contributed by atoms with E-state index in [9.17, 15) is 18.0 Å². The fourth-order valence-corrected chi connectivity index (χ4v) is 4.69. The molecule has 0 saturated carbocycles. The van der Waals surface area contributed by atoms with E-state index in [1.54, 1.807) is 22.8 Å². The standard InChI is InChI=1S/C32H26F5N3O4/c1-42-11-10-40-28-14-19(32(41)43-2)8-9-27(28)38-29(40)15-21-13-25(35)22(16-24(21)34)26-4-3-5-30(39-26)44-17-20-7-6-18(31(36)37)12-23(20)33/h3-9,12-14,16,31H,10-11,15,17H2,1-2H3. The molecule has 0 aliphatic rings. The number of halogens is 5. The monoisotopic (exact) mass is 611 g/mol. The number of nitrogens with zero attached hydrogens (tertiary/aromatic N) is 3. The number of hydrogen-bond acceptors (Lipinski definition) is 6. The quantitative estimate of drug-likeness (QED) is 0.118. The van der Waals surface area contributed by atoms with Crippen LogP contribution in [0.3, 0.4) is 0 Å². The molecule has 0 atom stereocenters. The van der Waals surface area contributed by atoms with Gasteiger partial charge in [0.15, 0.2) is 0 Å². The van der Waals surface area contributed by atoms with E-state index < -0.39 is 35.4 Å². The number of aromatic nitrogens is 3. The molecule has 0 aliphatic heterocycles. The summed E-state index contributed by atoms with van der Waals surface area (Å²) in [5.74, 6) is -2.38. The molecule has 0 amide bonds. The lowest BCUT2D eigenvalue weighted by atomic mass is 10.0. The molecule has 5 aromatic rings. The molecule has 2 aromatic heterocycles. The lowest BCUT2D eigenvalue weighted by Gasteiger charge is -2.12. The molecule has 7 nitrogen and oxygen atoms in total. The van der Waals surface area contributed by atoms with Crippen LogP contribution in [0.2, 0.25) is 0 Å². The third-order valence-corrected chi connectivity index (χ3v) is 6.96. The highest BCUT2D eigenvalue weighted by atomic mass is 19.3. The van der Waals surface area contributed by atoms with Gasteiger partial charge in [-0.15, -0.1) is 0 Å². The molecule has 44 heavy (non-hydrogen) atoms. The summed E-state index contributed by atoms with van der Waals surface area (Å²) >= 11 is 0. The summed E-state index contributed by atoms with van der Waals surface area (Å²) in [4.78, 5) is 20.9. The van der Waals surface area contributed by atoms with E-state index in [2.05, 4.69) is 9.97 Å². The number of imidazole rings is 1. The van der Waals surface area contributed by atoms with Gasteiger partial charge in [-0.05, 0) is 48.0 Å². The molecule has 0 saturated heterocycles. The third kappa shape index (κ3) is 6.55. The molecule has 0 radical (unpaired) electrons. The van der Waals surface area contributed by atoms with Gasteiger partial charge in [-0.1, -0.05) is 18.2 Å². The smallest absolute Gasteiger partial charge is 0.337 e. The number of benzene rings is 3. The molecule has 3 aromatic carbocycles. The van der Waals surface area contributed by atoms with Crippen molar-refractivity contribution in [3.05, 3.63) is 112 Å². The summed E-state index contributed by atoms with van der Waals surface area (Å²) in [6, 6.07) is 14.4. The van der Waals surface area contributed by atoms with Gasteiger partial charge in [0.25, 0.3) is 6.43 Å². The first-order valence-electron chi connectivity index (χ1n) is 13.4. The van der Waals surface area contributed by atoms with Crippen LogP contribution in [0.5, 0.6) is 5.88 Å². The average molecular weight is 612 g/mol. The summed E-state index contributed by atoms with van der Waals surface area (Å²) in [7, 11) is 2.81. The number of carbonyl (C=O) groups excluding carboxylic acids is 1. The Labute approximate surface area is 248 Å². The normalized spacial score (nSPS) is 11.4. The fraction of sp³-hybridized carbons (Fsp3) is 0.219. The maximum atomic E-state index is 15.4. The summed E-state index contributed by atoms with van der Waals surface area (Å²) in [5.41, 5.74) is 1.06. The van der Waals surface area contributed by atoms with Crippen LogP contribution >= 0.6 is 0 Å². The molecule has 0 bridgehead atoms. The molecule has 228 valence electrons. The summed E-state index contributed by atoms with van der Waals surface area (Å²) < 4.78 is 87.9. The van der Waals surface area contributed by atoms with Crippen molar-refractivity contribution >= 4 is 17.0 Å². The molecule has 0 N–H and O–H groups in total. The zero-order valence-corrected chi connectivity index (χ0v) is 23.6. The van der Waals surface area contributed by atoms with Crippen molar-refractivity contribution in [3.63, 3.8) is 0 Å². The number of rotatable bonds is 11. The Morgan fingerprint density at radius 1 is 0.886 bits per heavy atom. The predicted octanol–water partition coefficient (Wildman–Crippen LogP) is 7.06. The zero-order chi connectivity index (χ0) is 31.4. The Hall–Kier alpha value is -4.84. The van der Waals surface area contributed by atoms with Crippen molar-refractivity contribution in [2.75, 3.05) is 20.8 Å². The number of ether oxygens (including phenoxy) is 3. The van der Waals surface area contributed by atoms with Crippen molar-refractivity contribution in [2.24, 2.45) is 0 Å². The van der Waals surface area contributed by atoms with Crippen LogP contribution in [0, 0.1) is 17.5 Å². The van der Waals surface area contributed by atoms with Gasteiger partial charge in [0.2, 0.25) is 5.88 Å². The number of carbonyl (C=O) groups is 1. The zero-order valence-electron chi connectivity index (χ0n) is 23.6. The van der Waals surface area contributed by atoms with Crippen molar-refractivity contribution in [1.82, 2.24) is 14.5 Å². The Morgan fingerprint density at radius 3 is 2.41 bits per heavy atom. The highest BCUT2D eigenvalue weighted by molar-refractivity contribution is 5.93. The van der Waals surface area contributed by atoms with Crippen LogP contribution in [-0.4, -0.2) is 41.3 Å². The van der Waals surface area contributed by atoms with E-state index in [1.807, 2.05) is 0 Å². The molecule has 0 unspecified atom stereocenters. The molecule has 2 heterocycles. The van der Waals surface area contributed by atoms with Gasteiger partial charge in [-0.2, -0.15) is 0 Å². The van der Waals surface area contributed by atoms with Crippen LogP contribution in [0.1, 0.15) is 39.3 Å². The summed E-state index contributed by atoms with van der Waals surface area (Å²) in [6.07, 6.45) is -2.86. The average Bonchev–Trinajstić information content (AvgIpc) is 3.36. The van der Waals surface area contributed by atoms with Crippen LogP contribution in [0.25, 0.3) is 22.3 Å². The Balaban J connectivity index is 1.39. The number of methoxy groups -OCH3 is 2. The summed E-state index contributed by atoms with van der Waals surface area (Å²) in [5, 5.41) is 0. The molecule has 5 rings (SSSR count). The van der Waals surface area contributed by atoms with E-state index in [-0.39, 0.29) is 41.3 Å². The van der Waals surface area contributed by atoms with Gasteiger partial charge < -0.3 is 18.8 Å². The maximum Gasteiger partial charge on any atom is 0.337 e. The molecular weight excluding hydrogens is 585 g/mol. The van der Waals surface area contributed by atoms with E-state index >= 15 is 8.78 Å². The molecular formula is C32H26F5N3O4. The highest BCUT2D eigenvalue weighted by Gasteiger charge is 2.19. The van der Waals surface area contributed by atoms with Gasteiger partial charge in [0.1, 0.15) is 29.9 Å². The van der Waals surface area contributed by atoms with Crippen LogP contribution in [0.4, 0.5) is 22.0 Å². The second-order valence-corrected chi connectivity index (χ2v) is 9.77. The summed E-state index contributed by atoms with van der Waals surface area (Å²) in [6.45, 7) is 0.354. The van der Waals surface area contributed by atoms with E-state index in [0.717, 1.165) is 24.3 Å². The maximum absolute atomic E-state index is 15.4. The number of fused-ring (bicyclic) bond motifs is 1. The van der Waals surface area contributed by atoms with E-state index in [1.165, 1.54) is 38.5 Å². The minimum absolute atomic E-state index is 0.00176. The highest BCUT2D eigenvalue weighted by Crippen LogP contribution is 2.29. The number of alkyl halides is 2. The third-order valence-electron chi connectivity index (χ3n) is 6.96. The van der Waals surface area contributed by atoms with Crippen LogP contribution in [0.15, 0.2) is 66.7 Å². The van der Waals surface area contributed by atoms with Gasteiger partial charge in [-0.3, -0.25) is 0 Å². The predicted molar refractivity (Wildman–Crippen MR) is 151 cm³/mol. The molecule has 0 spiro atoms. The van der Waals surface area contributed by atoms with Crippen molar-refractivity contribution in [2.45, 2.75) is 26.0 Å². The van der Waals surface area contributed by atoms with Gasteiger partial charge in [0, 0.05) is 42.8 Å². The van der Waals surface area contributed by atoms with Gasteiger partial charge in [0.05, 0.1) is 36.0 Å². The molecule has 0 aliphatic carbocycles. The second kappa shape index (κ2) is 13.2. The lowest BCUT2D eigenvalue weighted by molar-refractivity contribution is 0.0601. The fourth-order valence-electron chi connectivity index (χ4n) is 4.69. The lowest BCUT2D eigenvalue weighted by Crippen LogP contribution is -2.10. The Morgan fingerprint density at radius 2 is 1.68 bits per heavy atom. The van der Waals surface area contributed by atoms with Crippen molar-refractivity contribution < 1.29 is 41.0 Å². The first kappa shape index (κ1) is 30.6. The second-order valence-electron chi connectivity index (χ2n) is 9.77. The van der Waals surface area contributed by atoms with E-state index in [0.29, 0.717) is 35.6 Å². The molecule has 0 fully saturated rings. The first-order valence-corrected chi connectivity index (χ1v) is 13.4. The van der Waals surface area contributed by atoms with Gasteiger partial charge in [-0.25, -0.2) is 36.7 Å².